The summed E-state index contributed by atoms with van der Waals surface area (Å²) in [7, 11) is 0.886. The first kappa shape index (κ1) is 25.2. The molecule has 3 fully saturated rings. The average Bonchev–Trinajstić information content (AvgIpc) is 3.26. The third kappa shape index (κ3) is 3.94. The lowest BCUT2D eigenvalue weighted by molar-refractivity contribution is -0.134. The highest BCUT2D eigenvalue weighted by Gasteiger charge is 2.60. The predicted octanol–water partition coefficient (Wildman–Crippen LogP) is 2.72. The number of hydrogen-bond acceptors (Lipinski definition) is 6. The van der Waals surface area contributed by atoms with Gasteiger partial charge in [0.25, 0.3) is 0 Å². The van der Waals surface area contributed by atoms with Gasteiger partial charge in [0.15, 0.2) is 5.69 Å². The van der Waals surface area contributed by atoms with Crippen LogP contribution < -0.4 is 15.3 Å². The molecule has 1 N–H and O–H groups in total. The van der Waals surface area contributed by atoms with Crippen molar-refractivity contribution in [2.45, 2.75) is 77.7 Å². The standard InChI is InChI=1S/C26H37BN4O5/c1-16(2)21(29-24(33)34-7)23(32)30-12-8-9-19(30)22-28-18-11-10-17(15-20(18)31(22)13-14-31)27-35-25(3,4)26(5,6)36-27/h10-11,15-16,19,21H,8-9,12-14H2,1-7H3/p+1. The summed E-state index contributed by atoms with van der Waals surface area (Å²) < 4.78 is 18.1. The molecule has 1 aromatic carbocycles. The van der Waals surface area contributed by atoms with E-state index in [4.69, 9.17) is 19.0 Å². The monoisotopic (exact) mass is 497 g/mol. The Bertz CT molecular complexity index is 1100. The number of nitrogens with one attached hydrogen (secondary N) is 1. The number of carbonyl (C=O) groups excluding carboxylic acids is 2. The number of nitrogens with zero attached hydrogens (tertiary/aromatic N) is 3. The highest BCUT2D eigenvalue weighted by molar-refractivity contribution is 6.62. The Morgan fingerprint density at radius 3 is 2.44 bits per heavy atom. The van der Waals surface area contributed by atoms with Gasteiger partial charge in [-0.15, -0.1) is 0 Å². The van der Waals surface area contributed by atoms with E-state index in [0.717, 1.165) is 48.6 Å². The molecule has 0 bridgehead atoms. The number of rotatable bonds is 5. The van der Waals surface area contributed by atoms with Crippen LogP contribution in [0.3, 0.4) is 0 Å². The van der Waals surface area contributed by atoms with E-state index in [0.29, 0.717) is 11.0 Å². The van der Waals surface area contributed by atoms with Crippen molar-refractivity contribution in [3.63, 3.8) is 0 Å². The van der Waals surface area contributed by atoms with E-state index in [1.165, 1.54) is 7.11 Å². The lowest BCUT2D eigenvalue weighted by Crippen LogP contribution is -2.56. The van der Waals surface area contributed by atoms with Gasteiger partial charge in [-0.2, -0.15) is 4.99 Å². The maximum absolute atomic E-state index is 13.6. The van der Waals surface area contributed by atoms with Crippen LogP contribution in [0.5, 0.6) is 0 Å². The van der Waals surface area contributed by atoms with Crippen molar-refractivity contribution >= 4 is 41.8 Å². The van der Waals surface area contributed by atoms with Gasteiger partial charge < -0.3 is 24.3 Å². The number of amidine groups is 1. The summed E-state index contributed by atoms with van der Waals surface area (Å²) in [5.41, 5.74) is 2.30. The van der Waals surface area contributed by atoms with Crippen LogP contribution in [0.25, 0.3) is 0 Å². The molecule has 1 spiro atoms. The zero-order valence-electron chi connectivity index (χ0n) is 22.5. The first-order chi connectivity index (χ1) is 16.9. The SMILES string of the molecule is COC(=O)NC(C(=O)N1CCCC1C1=Nc2ccc(B3OC(C)(C)C(C)(C)O3)cc2[N+]12CC2)C(C)C. The third-order valence-corrected chi connectivity index (χ3v) is 8.56. The van der Waals surface area contributed by atoms with Gasteiger partial charge in [-0.3, -0.25) is 4.79 Å². The van der Waals surface area contributed by atoms with Crippen molar-refractivity contribution < 1.29 is 23.6 Å². The molecule has 4 aliphatic rings. The lowest BCUT2D eigenvalue weighted by Gasteiger charge is -2.32. The molecule has 2 unspecified atom stereocenters. The third-order valence-electron chi connectivity index (χ3n) is 8.56. The van der Waals surface area contributed by atoms with E-state index in [1.807, 2.05) is 24.8 Å². The molecule has 9 nitrogen and oxygen atoms in total. The first-order valence-corrected chi connectivity index (χ1v) is 13.0. The second-order valence-electron chi connectivity index (χ2n) is 11.8. The number of ether oxygens (including phenoxy) is 1. The van der Waals surface area contributed by atoms with Gasteiger partial charge in [0, 0.05) is 12.6 Å². The molecule has 3 saturated heterocycles. The van der Waals surface area contributed by atoms with Crippen molar-refractivity contribution in [1.29, 1.82) is 0 Å². The van der Waals surface area contributed by atoms with Gasteiger partial charge in [-0.25, -0.2) is 9.28 Å². The number of carbonyl (C=O) groups is 2. The normalized spacial score (nSPS) is 25.7. The Balaban J connectivity index is 1.40. The number of amides is 2. The van der Waals surface area contributed by atoms with E-state index in [2.05, 4.69) is 45.1 Å². The predicted molar refractivity (Wildman–Crippen MR) is 140 cm³/mol. The molecule has 2 atom stereocenters. The molecule has 1 aromatic rings. The minimum absolute atomic E-state index is 0.0626. The fourth-order valence-electron chi connectivity index (χ4n) is 5.55. The summed E-state index contributed by atoms with van der Waals surface area (Å²) in [5, 5.41) is 2.73. The van der Waals surface area contributed by atoms with Crippen LogP contribution in [0.1, 0.15) is 54.4 Å². The minimum Gasteiger partial charge on any atom is -0.453 e. The first-order valence-electron chi connectivity index (χ1n) is 13.0. The van der Waals surface area contributed by atoms with Crippen molar-refractivity contribution in [2.24, 2.45) is 10.9 Å². The van der Waals surface area contributed by atoms with Gasteiger partial charge in [-0.05, 0) is 58.0 Å². The zero-order chi connectivity index (χ0) is 26.0. The van der Waals surface area contributed by atoms with E-state index in [9.17, 15) is 9.59 Å². The van der Waals surface area contributed by atoms with Gasteiger partial charge in [-0.1, -0.05) is 19.9 Å². The number of likely N-dealkylation sites (tertiary alicyclic amines) is 1. The summed E-state index contributed by atoms with van der Waals surface area (Å²) >= 11 is 0. The smallest absolute Gasteiger partial charge is 0.453 e. The van der Waals surface area contributed by atoms with Crippen LogP contribution in [0.4, 0.5) is 16.2 Å². The van der Waals surface area contributed by atoms with Crippen molar-refractivity contribution in [2.75, 3.05) is 26.7 Å². The van der Waals surface area contributed by atoms with Crippen LogP contribution in [0, 0.1) is 5.92 Å². The quantitative estimate of drug-likeness (QED) is 0.384. The molecule has 0 saturated carbocycles. The van der Waals surface area contributed by atoms with E-state index in [1.54, 1.807) is 0 Å². The Kier molecular flexibility index (Phi) is 6.00. The number of alkyl carbamates (subject to hydrolysis) is 1. The molecular weight excluding hydrogens is 459 g/mol. The maximum atomic E-state index is 13.6. The Labute approximate surface area is 213 Å². The fourth-order valence-corrected chi connectivity index (χ4v) is 5.55. The van der Waals surface area contributed by atoms with Crippen molar-refractivity contribution in [3.05, 3.63) is 18.2 Å². The molecule has 0 aliphatic carbocycles. The fraction of sp³-hybridized carbons (Fsp3) is 0.654. The second-order valence-corrected chi connectivity index (χ2v) is 11.8. The second kappa shape index (κ2) is 8.57. The highest BCUT2D eigenvalue weighted by atomic mass is 16.7. The summed E-state index contributed by atoms with van der Waals surface area (Å²) in [5.74, 6) is 0.893. The van der Waals surface area contributed by atoms with Gasteiger partial charge >= 0.3 is 13.2 Å². The Hall–Kier alpha value is -2.43. The molecule has 0 radical (unpaired) electrons. The van der Waals surface area contributed by atoms with E-state index < -0.39 is 30.5 Å². The van der Waals surface area contributed by atoms with Crippen molar-refractivity contribution in [1.82, 2.24) is 14.7 Å². The molecule has 2 amide bonds. The van der Waals surface area contributed by atoms with E-state index >= 15 is 0 Å². The lowest BCUT2D eigenvalue weighted by atomic mass is 9.78. The minimum atomic E-state index is -0.639. The topological polar surface area (TPSA) is 89.5 Å². The van der Waals surface area contributed by atoms with Crippen LogP contribution >= 0.6 is 0 Å². The summed E-state index contributed by atoms with van der Waals surface area (Å²) in [6, 6.07) is 5.55. The number of aliphatic imine (C=N–C) groups is 1. The largest absolute Gasteiger partial charge is 0.495 e. The molecule has 194 valence electrons. The number of benzene rings is 1. The Morgan fingerprint density at radius 1 is 1.19 bits per heavy atom. The number of fused-ring (bicyclic) bond motifs is 2. The van der Waals surface area contributed by atoms with Crippen LogP contribution in [0.2, 0.25) is 0 Å². The molecule has 10 heteroatoms. The molecule has 0 aromatic heterocycles. The zero-order valence-corrected chi connectivity index (χ0v) is 22.5. The number of quaternary nitrogens is 1. The Morgan fingerprint density at radius 2 is 1.86 bits per heavy atom. The average molecular weight is 497 g/mol. The summed E-state index contributed by atoms with van der Waals surface area (Å²) in [4.78, 5) is 32.5. The maximum Gasteiger partial charge on any atom is 0.495 e. The van der Waals surface area contributed by atoms with Gasteiger partial charge in [0.05, 0.1) is 18.3 Å². The van der Waals surface area contributed by atoms with Gasteiger partial charge in [0.1, 0.15) is 30.9 Å². The van der Waals surface area contributed by atoms with E-state index in [-0.39, 0.29) is 17.9 Å². The molecule has 36 heavy (non-hydrogen) atoms. The highest BCUT2D eigenvalue weighted by Crippen LogP contribution is 2.48. The summed E-state index contributed by atoms with van der Waals surface area (Å²) in [6.07, 6.45) is 1.19. The van der Waals surface area contributed by atoms with Crippen molar-refractivity contribution in [3.8, 4) is 0 Å². The summed E-state index contributed by atoms with van der Waals surface area (Å²) in [6.45, 7) is 14.7. The van der Waals surface area contributed by atoms with Crippen LogP contribution in [0.15, 0.2) is 23.2 Å². The number of hydrogen-bond donors (Lipinski definition) is 1. The number of methoxy groups -OCH3 is 1. The molecular formula is C26H38BN4O5+. The van der Waals surface area contributed by atoms with Gasteiger partial charge in [0.2, 0.25) is 11.7 Å². The van der Waals surface area contributed by atoms with Crippen LogP contribution in [-0.2, 0) is 18.8 Å². The molecule has 5 rings (SSSR count). The molecule has 4 heterocycles. The van der Waals surface area contributed by atoms with Crippen LogP contribution in [-0.4, -0.2) is 79.9 Å². The molecule has 4 aliphatic heterocycles.